The van der Waals surface area contributed by atoms with Crippen molar-refractivity contribution in [2.45, 2.75) is 64.0 Å². The fourth-order valence-corrected chi connectivity index (χ4v) is 3.11. The summed E-state index contributed by atoms with van der Waals surface area (Å²) in [6.07, 6.45) is 8.33. The summed E-state index contributed by atoms with van der Waals surface area (Å²) in [6, 6.07) is 1.03. The van der Waals surface area contributed by atoms with Crippen molar-refractivity contribution < 1.29 is 5.11 Å². The molecule has 4 heteroatoms. The van der Waals surface area contributed by atoms with Gasteiger partial charge >= 0.3 is 0 Å². The van der Waals surface area contributed by atoms with Gasteiger partial charge in [0, 0.05) is 25.0 Å². The molecule has 17 heavy (non-hydrogen) atoms. The van der Waals surface area contributed by atoms with E-state index in [9.17, 15) is 5.11 Å². The SMILES string of the molecule is CCC(CC(N)=S)N(CCO)C1CCCCC1. The van der Waals surface area contributed by atoms with Crippen LogP contribution in [0.3, 0.4) is 0 Å². The second kappa shape index (κ2) is 8.01. The topological polar surface area (TPSA) is 49.5 Å². The summed E-state index contributed by atoms with van der Waals surface area (Å²) in [6.45, 7) is 3.16. The lowest BCUT2D eigenvalue weighted by molar-refractivity contribution is 0.0809. The van der Waals surface area contributed by atoms with Crippen LogP contribution in [0.5, 0.6) is 0 Å². The monoisotopic (exact) mass is 258 g/mol. The molecule has 0 aliphatic heterocycles. The molecule has 1 aliphatic rings. The highest BCUT2D eigenvalue weighted by atomic mass is 32.1. The first-order valence-corrected chi connectivity index (χ1v) is 7.24. The van der Waals surface area contributed by atoms with Gasteiger partial charge in [0.25, 0.3) is 0 Å². The zero-order valence-corrected chi connectivity index (χ0v) is 11.7. The van der Waals surface area contributed by atoms with Gasteiger partial charge in [-0.1, -0.05) is 38.4 Å². The molecule has 1 rings (SSSR count). The lowest BCUT2D eigenvalue weighted by Crippen LogP contribution is -2.46. The van der Waals surface area contributed by atoms with E-state index in [1.807, 2.05) is 0 Å². The maximum absolute atomic E-state index is 9.24. The van der Waals surface area contributed by atoms with Crippen molar-refractivity contribution in [2.75, 3.05) is 13.2 Å². The Morgan fingerprint density at radius 3 is 2.53 bits per heavy atom. The zero-order chi connectivity index (χ0) is 12.7. The van der Waals surface area contributed by atoms with Crippen LogP contribution in [0.4, 0.5) is 0 Å². The van der Waals surface area contributed by atoms with Crippen LogP contribution in [0.2, 0.25) is 0 Å². The van der Waals surface area contributed by atoms with Crippen LogP contribution in [-0.4, -0.2) is 40.2 Å². The minimum atomic E-state index is 0.227. The van der Waals surface area contributed by atoms with Crippen LogP contribution in [-0.2, 0) is 0 Å². The maximum atomic E-state index is 9.24. The van der Waals surface area contributed by atoms with Gasteiger partial charge in [0.1, 0.15) is 0 Å². The first-order valence-electron chi connectivity index (χ1n) is 6.84. The molecule has 0 bridgehead atoms. The van der Waals surface area contributed by atoms with Crippen LogP contribution in [0.15, 0.2) is 0 Å². The summed E-state index contributed by atoms with van der Waals surface area (Å²) in [5, 5.41) is 9.24. The summed E-state index contributed by atoms with van der Waals surface area (Å²) in [7, 11) is 0. The number of nitrogens with zero attached hydrogens (tertiary/aromatic N) is 1. The van der Waals surface area contributed by atoms with Gasteiger partial charge < -0.3 is 10.8 Å². The average molecular weight is 258 g/mol. The van der Waals surface area contributed by atoms with Gasteiger partial charge in [-0.3, -0.25) is 4.90 Å². The van der Waals surface area contributed by atoms with E-state index in [1.54, 1.807) is 0 Å². The number of rotatable bonds is 7. The van der Waals surface area contributed by atoms with Crippen molar-refractivity contribution in [1.82, 2.24) is 4.90 Å². The second-order valence-electron chi connectivity index (χ2n) is 4.99. The molecule has 0 aromatic heterocycles. The van der Waals surface area contributed by atoms with Gasteiger partial charge in [0.2, 0.25) is 0 Å². The first-order chi connectivity index (χ1) is 8.19. The fraction of sp³-hybridized carbons (Fsp3) is 0.923. The van der Waals surface area contributed by atoms with Crippen molar-refractivity contribution in [1.29, 1.82) is 0 Å². The summed E-state index contributed by atoms with van der Waals surface area (Å²) in [5.74, 6) is 0. The van der Waals surface area contributed by atoms with E-state index in [1.165, 1.54) is 32.1 Å². The van der Waals surface area contributed by atoms with E-state index < -0.39 is 0 Å². The second-order valence-corrected chi connectivity index (χ2v) is 5.51. The van der Waals surface area contributed by atoms with Crippen molar-refractivity contribution in [3.63, 3.8) is 0 Å². The van der Waals surface area contributed by atoms with E-state index in [-0.39, 0.29) is 6.61 Å². The molecule has 3 nitrogen and oxygen atoms in total. The Balaban J connectivity index is 2.62. The largest absolute Gasteiger partial charge is 0.395 e. The lowest BCUT2D eigenvalue weighted by atomic mass is 9.92. The van der Waals surface area contributed by atoms with Gasteiger partial charge in [-0.2, -0.15) is 0 Å². The molecule has 0 aromatic rings. The van der Waals surface area contributed by atoms with E-state index in [2.05, 4.69) is 11.8 Å². The normalized spacial score (nSPS) is 19.5. The maximum Gasteiger partial charge on any atom is 0.0743 e. The molecule has 1 fully saturated rings. The number of hydrogen-bond donors (Lipinski definition) is 2. The molecular formula is C13H26N2OS. The highest BCUT2D eigenvalue weighted by Crippen LogP contribution is 2.25. The molecule has 0 aromatic carbocycles. The molecule has 0 heterocycles. The Hall–Kier alpha value is -0.190. The van der Waals surface area contributed by atoms with Crippen molar-refractivity contribution in [2.24, 2.45) is 5.73 Å². The van der Waals surface area contributed by atoms with Crippen molar-refractivity contribution in [3.05, 3.63) is 0 Å². The zero-order valence-electron chi connectivity index (χ0n) is 10.9. The molecule has 0 radical (unpaired) electrons. The number of thiocarbonyl (C=S) groups is 1. The van der Waals surface area contributed by atoms with Crippen LogP contribution in [0.1, 0.15) is 51.9 Å². The number of hydrogen-bond acceptors (Lipinski definition) is 3. The Morgan fingerprint density at radius 1 is 1.41 bits per heavy atom. The van der Waals surface area contributed by atoms with Gasteiger partial charge in [-0.25, -0.2) is 0 Å². The van der Waals surface area contributed by atoms with Gasteiger partial charge in [-0.05, 0) is 19.3 Å². The third-order valence-electron chi connectivity index (χ3n) is 3.78. The van der Waals surface area contributed by atoms with E-state index in [0.29, 0.717) is 17.1 Å². The summed E-state index contributed by atoms with van der Waals surface area (Å²) >= 11 is 5.03. The molecule has 0 saturated heterocycles. The summed E-state index contributed by atoms with van der Waals surface area (Å²) < 4.78 is 0. The molecule has 1 aliphatic carbocycles. The molecule has 0 amide bonds. The Bertz CT molecular complexity index is 229. The van der Waals surface area contributed by atoms with Gasteiger partial charge in [0.05, 0.1) is 11.6 Å². The van der Waals surface area contributed by atoms with E-state index in [4.69, 9.17) is 18.0 Å². The van der Waals surface area contributed by atoms with Crippen LogP contribution < -0.4 is 5.73 Å². The first kappa shape index (κ1) is 14.9. The minimum Gasteiger partial charge on any atom is -0.395 e. The Kier molecular flexibility index (Phi) is 7.00. The van der Waals surface area contributed by atoms with Crippen LogP contribution in [0, 0.1) is 0 Å². The van der Waals surface area contributed by atoms with Crippen molar-refractivity contribution in [3.8, 4) is 0 Å². The minimum absolute atomic E-state index is 0.227. The lowest BCUT2D eigenvalue weighted by Gasteiger charge is -2.39. The number of aliphatic hydroxyl groups is 1. The number of aliphatic hydroxyl groups excluding tert-OH is 1. The summed E-state index contributed by atoms with van der Waals surface area (Å²) in [5.41, 5.74) is 5.67. The third kappa shape index (κ3) is 4.90. The number of nitrogens with two attached hydrogens (primary N) is 1. The molecule has 0 spiro atoms. The highest BCUT2D eigenvalue weighted by molar-refractivity contribution is 7.80. The fourth-order valence-electron chi connectivity index (χ4n) is 2.92. The molecular weight excluding hydrogens is 232 g/mol. The van der Waals surface area contributed by atoms with Crippen LogP contribution in [0.25, 0.3) is 0 Å². The van der Waals surface area contributed by atoms with Crippen LogP contribution >= 0.6 is 12.2 Å². The average Bonchev–Trinajstić information content (AvgIpc) is 2.34. The molecule has 3 N–H and O–H groups in total. The van der Waals surface area contributed by atoms with Gasteiger partial charge in [0.15, 0.2) is 0 Å². The highest BCUT2D eigenvalue weighted by Gasteiger charge is 2.26. The standard InChI is InChI=1S/C13H26N2OS/c1-2-11(10-13(14)17)15(8-9-16)12-6-4-3-5-7-12/h11-12,16H,2-10H2,1H3,(H2,14,17). The predicted molar refractivity (Wildman–Crippen MR) is 76.1 cm³/mol. The smallest absolute Gasteiger partial charge is 0.0743 e. The van der Waals surface area contributed by atoms with Gasteiger partial charge in [-0.15, -0.1) is 0 Å². The summed E-state index contributed by atoms with van der Waals surface area (Å²) in [4.78, 5) is 3.04. The Labute approximate surface area is 110 Å². The quantitative estimate of drug-likeness (QED) is 0.686. The van der Waals surface area contributed by atoms with E-state index in [0.717, 1.165) is 19.4 Å². The molecule has 100 valence electrons. The van der Waals surface area contributed by atoms with E-state index >= 15 is 0 Å². The molecule has 1 unspecified atom stereocenters. The van der Waals surface area contributed by atoms with Crippen molar-refractivity contribution >= 4 is 17.2 Å². The third-order valence-corrected chi connectivity index (χ3v) is 3.95. The molecule has 1 saturated carbocycles. The molecule has 1 atom stereocenters. The predicted octanol–water partition coefficient (Wildman–Crippen LogP) is 2.07. The Morgan fingerprint density at radius 2 is 2.06 bits per heavy atom.